The van der Waals surface area contributed by atoms with Crippen LogP contribution in [0.4, 0.5) is 10.1 Å². The van der Waals surface area contributed by atoms with Crippen LogP contribution in [0.5, 0.6) is 0 Å². The standard InChI is InChI=1S/C19H27N.C11H16FN/c1-7-19(8-9-19)12-16(6)20-18-11-15(5)14(4)10-17(18)13(2)3;1-4-9-6-5-7-10(8(9)2)11(3,12)13/h10-11H,2,7-9,12H2,1,3-6H3;5-7H,4,13H2,1-3H3. The van der Waals surface area contributed by atoms with Crippen molar-refractivity contribution in [3.05, 3.63) is 70.3 Å². The smallest absolute Gasteiger partial charge is 0.182 e. The first-order valence-corrected chi connectivity index (χ1v) is 12.2. The number of nitrogens with zero attached hydrogens (tertiary/aromatic N) is 1. The molecule has 2 aromatic rings. The Balaban J connectivity index is 0.000000257. The molecular formula is C30H43FN2. The molecule has 0 radical (unpaired) electrons. The van der Waals surface area contributed by atoms with Crippen LogP contribution >= 0.6 is 0 Å². The second-order valence-corrected chi connectivity index (χ2v) is 10.1. The van der Waals surface area contributed by atoms with Gasteiger partial charge in [-0.1, -0.05) is 45.0 Å². The molecule has 2 N–H and O–H groups in total. The second kappa shape index (κ2) is 10.8. The van der Waals surface area contributed by atoms with E-state index in [1.54, 1.807) is 6.07 Å². The van der Waals surface area contributed by atoms with Gasteiger partial charge in [-0.2, -0.15) is 0 Å². The number of nitrogens with two attached hydrogens (primary N) is 1. The monoisotopic (exact) mass is 450 g/mol. The summed E-state index contributed by atoms with van der Waals surface area (Å²) in [6.07, 6.45) is 6.08. The lowest BCUT2D eigenvalue weighted by Crippen LogP contribution is -2.28. The van der Waals surface area contributed by atoms with Crippen molar-refractivity contribution in [2.24, 2.45) is 16.1 Å². The molecule has 1 aliphatic carbocycles. The van der Waals surface area contributed by atoms with Gasteiger partial charge in [-0.3, -0.25) is 10.7 Å². The van der Waals surface area contributed by atoms with E-state index in [0.717, 1.165) is 35.2 Å². The summed E-state index contributed by atoms with van der Waals surface area (Å²) in [4.78, 5) is 4.91. The van der Waals surface area contributed by atoms with E-state index >= 15 is 0 Å². The van der Waals surface area contributed by atoms with Gasteiger partial charge in [-0.15, -0.1) is 0 Å². The molecule has 3 rings (SSSR count). The van der Waals surface area contributed by atoms with E-state index in [9.17, 15) is 4.39 Å². The summed E-state index contributed by atoms with van der Waals surface area (Å²) in [7, 11) is 0. The van der Waals surface area contributed by atoms with Crippen LogP contribution < -0.4 is 5.73 Å². The Labute approximate surface area is 201 Å². The van der Waals surface area contributed by atoms with Crippen LogP contribution in [-0.2, 0) is 12.2 Å². The lowest BCUT2D eigenvalue weighted by Gasteiger charge is -2.19. The van der Waals surface area contributed by atoms with E-state index in [1.807, 2.05) is 19.1 Å². The summed E-state index contributed by atoms with van der Waals surface area (Å²) < 4.78 is 13.5. The van der Waals surface area contributed by atoms with E-state index in [1.165, 1.54) is 48.6 Å². The minimum absolute atomic E-state index is 0.566. The van der Waals surface area contributed by atoms with Crippen LogP contribution in [0.25, 0.3) is 5.57 Å². The third-order valence-corrected chi connectivity index (χ3v) is 7.07. The summed E-state index contributed by atoms with van der Waals surface area (Å²) >= 11 is 0. The van der Waals surface area contributed by atoms with Gasteiger partial charge in [0.15, 0.2) is 5.79 Å². The maximum Gasteiger partial charge on any atom is 0.182 e. The highest BCUT2D eigenvalue weighted by Gasteiger charge is 2.40. The molecule has 0 aliphatic heterocycles. The average molecular weight is 451 g/mol. The van der Waals surface area contributed by atoms with E-state index < -0.39 is 5.79 Å². The summed E-state index contributed by atoms with van der Waals surface area (Å²) in [6.45, 7) is 20.3. The molecule has 0 saturated heterocycles. The van der Waals surface area contributed by atoms with E-state index in [4.69, 9.17) is 10.7 Å². The molecular weight excluding hydrogens is 407 g/mol. The molecule has 2 nitrogen and oxygen atoms in total. The van der Waals surface area contributed by atoms with Crippen LogP contribution in [0.2, 0.25) is 0 Å². The summed E-state index contributed by atoms with van der Waals surface area (Å²) in [5, 5.41) is 0. The van der Waals surface area contributed by atoms with Crippen LogP contribution in [0.3, 0.4) is 0 Å². The van der Waals surface area contributed by atoms with Gasteiger partial charge in [0.2, 0.25) is 0 Å². The number of rotatable bonds is 7. The summed E-state index contributed by atoms with van der Waals surface area (Å²) in [5.41, 5.74) is 15.9. The zero-order valence-corrected chi connectivity index (χ0v) is 22.0. The molecule has 180 valence electrons. The number of allylic oxidation sites excluding steroid dienone is 1. The fourth-order valence-corrected chi connectivity index (χ4v) is 4.45. The van der Waals surface area contributed by atoms with Crippen LogP contribution in [0.15, 0.2) is 41.9 Å². The maximum atomic E-state index is 13.5. The number of benzene rings is 2. The zero-order valence-electron chi connectivity index (χ0n) is 22.0. The van der Waals surface area contributed by atoms with Gasteiger partial charge in [-0.05, 0) is 113 Å². The van der Waals surface area contributed by atoms with Gasteiger partial charge < -0.3 is 0 Å². The summed E-state index contributed by atoms with van der Waals surface area (Å²) in [5.74, 6) is -1.73. The number of halogens is 1. The molecule has 3 heteroatoms. The Kier molecular flexibility index (Phi) is 8.81. The Morgan fingerprint density at radius 3 is 2.21 bits per heavy atom. The van der Waals surface area contributed by atoms with Crippen molar-refractivity contribution in [2.75, 3.05) is 0 Å². The van der Waals surface area contributed by atoms with Crippen molar-refractivity contribution in [3.8, 4) is 0 Å². The van der Waals surface area contributed by atoms with Crippen molar-refractivity contribution in [3.63, 3.8) is 0 Å². The Bertz CT molecular complexity index is 1020. The Morgan fingerprint density at radius 2 is 1.73 bits per heavy atom. The predicted octanol–water partition coefficient (Wildman–Crippen LogP) is 8.67. The van der Waals surface area contributed by atoms with Crippen LogP contribution in [0, 0.1) is 26.2 Å². The molecule has 2 aromatic carbocycles. The highest BCUT2D eigenvalue weighted by atomic mass is 19.1. The average Bonchev–Trinajstić information content (AvgIpc) is 3.50. The highest BCUT2D eigenvalue weighted by molar-refractivity contribution is 5.87. The Morgan fingerprint density at radius 1 is 1.12 bits per heavy atom. The number of aryl methyl sites for hydroxylation is 3. The van der Waals surface area contributed by atoms with Crippen molar-refractivity contribution in [1.29, 1.82) is 0 Å². The number of hydrogen-bond donors (Lipinski definition) is 1. The molecule has 0 aromatic heterocycles. The SMILES string of the molecule is C=C(C)c1cc(C)c(C)cc1N=C(C)CC1(CC)CC1.CCc1cccc(C(C)(N)F)c1C. The fraction of sp³-hybridized carbons (Fsp3) is 0.500. The van der Waals surface area contributed by atoms with E-state index in [0.29, 0.717) is 11.0 Å². The summed E-state index contributed by atoms with van der Waals surface area (Å²) in [6, 6.07) is 10.0. The minimum atomic E-state index is -1.73. The molecule has 0 amide bonds. The minimum Gasteiger partial charge on any atom is -0.296 e. The van der Waals surface area contributed by atoms with Crippen LogP contribution in [0.1, 0.15) is 93.7 Å². The first kappa shape index (κ1) is 27.0. The van der Waals surface area contributed by atoms with Gasteiger partial charge in [0, 0.05) is 16.8 Å². The van der Waals surface area contributed by atoms with Crippen molar-refractivity contribution in [1.82, 2.24) is 0 Å². The zero-order chi connectivity index (χ0) is 25.0. The normalized spacial score (nSPS) is 16.5. The molecule has 0 spiro atoms. The number of hydrogen-bond acceptors (Lipinski definition) is 2. The molecule has 0 bridgehead atoms. The molecule has 1 unspecified atom stereocenters. The van der Waals surface area contributed by atoms with E-state index in [-0.39, 0.29) is 0 Å². The topological polar surface area (TPSA) is 38.4 Å². The third-order valence-electron chi connectivity index (χ3n) is 7.07. The van der Waals surface area contributed by atoms with Crippen molar-refractivity contribution < 1.29 is 4.39 Å². The van der Waals surface area contributed by atoms with Crippen molar-refractivity contribution in [2.45, 2.75) is 93.3 Å². The maximum absolute atomic E-state index is 13.5. The van der Waals surface area contributed by atoms with Gasteiger partial charge in [0.25, 0.3) is 0 Å². The molecule has 1 aliphatic rings. The molecule has 1 fully saturated rings. The van der Waals surface area contributed by atoms with Gasteiger partial charge >= 0.3 is 0 Å². The van der Waals surface area contributed by atoms with Gasteiger partial charge in [0.05, 0.1) is 5.69 Å². The fourth-order valence-electron chi connectivity index (χ4n) is 4.45. The molecule has 1 atom stereocenters. The van der Waals surface area contributed by atoms with Gasteiger partial charge in [-0.25, -0.2) is 4.39 Å². The first-order chi connectivity index (χ1) is 15.3. The lowest BCUT2D eigenvalue weighted by atomic mass is 9.95. The lowest BCUT2D eigenvalue weighted by molar-refractivity contribution is 0.202. The molecule has 33 heavy (non-hydrogen) atoms. The molecule has 1 saturated carbocycles. The largest absolute Gasteiger partial charge is 0.296 e. The van der Waals surface area contributed by atoms with E-state index in [2.05, 4.69) is 60.3 Å². The number of aliphatic imine (C=N–C) groups is 1. The highest BCUT2D eigenvalue weighted by Crippen LogP contribution is 2.52. The predicted molar refractivity (Wildman–Crippen MR) is 143 cm³/mol. The van der Waals surface area contributed by atoms with Crippen molar-refractivity contribution >= 4 is 17.0 Å². The number of alkyl halides is 1. The van der Waals surface area contributed by atoms with Gasteiger partial charge in [0.1, 0.15) is 0 Å². The first-order valence-electron chi connectivity index (χ1n) is 12.2. The quantitative estimate of drug-likeness (QED) is 0.332. The van der Waals surface area contributed by atoms with Crippen LogP contribution in [-0.4, -0.2) is 5.71 Å². The second-order valence-electron chi connectivity index (χ2n) is 10.1. The molecule has 0 heterocycles. The third kappa shape index (κ3) is 7.11. The Hall–Kier alpha value is -2.26.